The number of halogens is 1. The van der Waals surface area contributed by atoms with E-state index in [1.54, 1.807) is 35.6 Å². The van der Waals surface area contributed by atoms with E-state index in [1.807, 2.05) is 11.4 Å². The summed E-state index contributed by atoms with van der Waals surface area (Å²) in [6.45, 7) is 0.727. The molecule has 2 aromatic rings. The number of carboxylic acids is 1. The Labute approximate surface area is 111 Å². The molecule has 17 heavy (non-hydrogen) atoms. The Hall–Kier alpha value is -1.33. The van der Waals surface area contributed by atoms with Gasteiger partial charge >= 0.3 is 5.97 Å². The average Bonchev–Trinajstić information content (AvgIpc) is 2.73. The van der Waals surface area contributed by atoms with Crippen LogP contribution in [0.5, 0.6) is 0 Å². The van der Waals surface area contributed by atoms with Crippen molar-refractivity contribution in [1.29, 1.82) is 0 Å². The highest BCUT2D eigenvalue weighted by Crippen LogP contribution is 2.23. The molecule has 0 atom stereocenters. The summed E-state index contributed by atoms with van der Waals surface area (Å²) in [6, 6.07) is 8.73. The van der Waals surface area contributed by atoms with Crippen LogP contribution in [0.25, 0.3) is 0 Å². The second-order valence-corrected chi connectivity index (χ2v) is 5.28. The molecule has 0 unspecified atom stereocenters. The predicted octanol–water partition coefficient (Wildman–Crippen LogP) is 3.82. The van der Waals surface area contributed by atoms with Crippen LogP contribution in [0.15, 0.2) is 40.2 Å². The molecule has 3 nitrogen and oxygen atoms in total. The average molecular weight is 312 g/mol. The smallest absolute Gasteiger partial charge is 0.335 e. The minimum absolute atomic E-state index is 0.299. The van der Waals surface area contributed by atoms with Crippen molar-refractivity contribution in [2.45, 2.75) is 6.54 Å². The van der Waals surface area contributed by atoms with E-state index in [4.69, 9.17) is 5.11 Å². The van der Waals surface area contributed by atoms with Gasteiger partial charge in [0.05, 0.1) is 12.1 Å². The van der Waals surface area contributed by atoms with E-state index in [0.29, 0.717) is 5.56 Å². The van der Waals surface area contributed by atoms with Gasteiger partial charge in [-0.25, -0.2) is 4.79 Å². The fourth-order valence-corrected chi connectivity index (χ4v) is 2.80. The zero-order valence-corrected chi connectivity index (χ0v) is 11.2. The number of carboxylic acid groups (broad SMARTS) is 1. The number of thiophene rings is 1. The Bertz CT molecular complexity index is 522. The van der Waals surface area contributed by atoms with Crippen LogP contribution in [0, 0.1) is 0 Å². The van der Waals surface area contributed by atoms with Crippen molar-refractivity contribution in [3.05, 3.63) is 50.6 Å². The standard InChI is InChI=1S/C12H10BrNO2S/c13-10-5-6-17-11(10)7-14-9-3-1-8(2-4-9)12(15)16/h1-6,14H,7H2,(H,15,16). The number of aromatic carboxylic acids is 1. The van der Waals surface area contributed by atoms with E-state index in [2.05, 4.69) is 21.2 Å². The minimum atomic E-state index is -0.905. The zero-order chi connectivity index (χ0) is 12.3. The van der Waals surface area contributed by atoms with Gasteiger partial charge < -0.3 is 10.4 Å². The molecule has 1 aromatic carbocycles. The molecule has 0 aliphatic rings. The summed E-state index contributed by atoms with van der Waals surface area (Å²) in [6.07, 6.45) is 0. The predicted molar refractivity (Wildman–Crippen MR) is 72.7 cm³/mol. The van der Waals surface area contributed by atoms with Crippen LogP contribution < -0.4 is 5.32 Å². The molecule has 0 amide bonds. The molecule has 0 bridgehead atoms. The maximum absolute atomic E-state index is 10.7. The number of benzene rings is 1. The van der Waals surface area contributed by atoms with Crippen LogP contribution >= 0.6 is 27.3 Å². The Morgan fingerprint density at radius 2 is 2.00 bits per heavy atom. The summed E-state index contributed by atoms with van der Waals surface area (Å²) in [5.74, 6) is -0.905. The molecule has 88 valence electrons. The van der Waals surface area contributed by atoms with Crippen LogP contribution in [0.4, 0.5) is 5.69 Å². The number of rotatable bonds is 4. The van der Waals surface area contributed by atoms with Gasteiger partial charge in [-0.3, -0.25) is 0 Å². The van der Waals surface area contributed by atoms with Crippen LogP contribution in [0.1, 0.15) is 15.2 Å². The number of nitrogens with one attached hydrogen (secondary N) is 1. The molecule has 0 fully saturated rings. The molecular weight excluding hydrogens is 302 g/mol. The first kappa shape index (κ1) is 12.1. The van der Waals surface area contributed by atoms with Gasteiger partial charge in [-0.15, -0.1) is 11.3 Å². The summed E-state index contributed by atoms with van der Waals surface area (Å²) in [7, 11) is 0. The highest BCUT2D eigenvalue weighted by Gasteiger charge is 2.03. The van der Waals surface area contributed by atoms with Crippen molar-refractivity contribution >= 4 is 38.9 Å². The van der Waals surface area contributed by atoms with E-state index in [1.165, 1.54) is 4.88 Å². The lowest BCUT2D eigenvalue weighted by atomic mass is 10.2. The van der Waals surface area contributed by atoms with Gasteiger partial charge in [-0.2, -0.15) is 0 Å². The highest BCUT2D eigenvalue weighted by molar-refractivity contribution is 9.10. The Morgan fingerprint density at radius 3 is 2.53 bits per heavy atom. The third-order valence-corrected chi connectivity index (χ3v) is 4.20. The monoisotopic (exact) mass is 311 g/mol. The minimum Gasteiger partial charge on any atom is -0.478 e. The van der Waals surface area contributed by atoms with E-state index in [-0.39, 0.29) is 0 Å². The molecule has 1 aromatic heterocycles. The van der Waals surface area contributed by atoms with Gasteiger partial charge in [-0.05, 0) is 51.6 Å². The van der Waals surface area contributed by atoms with Gasteiger partial charge in [0.2, 0.25) is 0 Å². The molecular formula is C12H10BrNO2S. The second-order valence-electron chi connectivity index (χ2n) is 3.43. The first-order chi connectivity index (χ1) is 8.16. The van der Waals surface area contributed by atoms with Crippen molar-refractivity contribution in [2.75, 3.05) is 5.32 Å². The van der Waals surface area contributed by atoms with Crippen LogP contribution in [-0.4, -0.2) is 11.1 Å². The first-order valence-corrected chi connectivity index (χ1v) is 6.63. The molecule has 0 spiro atoms. The summed E-state index contributed by atoms with van der Waals surface area (Å²) < 4.78 is 1.09. The summed E-state index contributed by atoms with van der Waals surface area (Å²) >= 11 is 5.14. The molecule has 2 rings (SSSR count). The van der Waals surface area contributed by atoms with Crippen molar-refractivity contribution in [2.24, 2.45) is 0 Å². The molecule has 0 saturated heterocycles. The molecule has 5 heteroatoms. The lowest BCUT2D eigenvalue weighted by Crippen LogP contribution is -1.99. The molecule has 1 heterocycles. The normalized spacial score (nSPS) is 10.2. The van der Waals surface area contributed by atoms with Gasteiger partial charge in [0.25, 0.3) is 0 Å². The van der Waals surface area contributed by atoms with Gasteiger partial charge in [0, 0.05) is 15.0 Å². The molecule has 0 saturated carbocycles. The van der Waals surface area contributed by atoms with E-state index < -0.39 is 5.97 Å². The van der Waals surface area contributed by atoms with Crippen molar-refractivity contribution in [1.82, 2.24) is 0 Å². The molecule has 0 aliphatic carbocycles. The number of hydrogen-bond donors (Lipinski definition) is 2. The highest BCUT2D eigenvalue weighted by atomic mass is 79.9. The molecule has 2 N–H and O–H groups in total. The zero-order valence-electron chi connectivity index (χ0n) is 8.81. The number of hydrogen-bond acceptors (Lipinski definition) is 3. The summed E-state index contributed by atoms with van der Waals surface area (Å²) in [5, 5.41) is 14.0. The van der Waals surface area contributed by atoms with E-state index in [9.17, 15) is 4.79 Å². The Balaban J connectivity index is 2.00. The fourth-order valence-electron chi connectivity index (χ4n) is 1.36. The maximum Gasteiger partial charge on any atom is 0.335 e. The van der Waals surface area contributed by atoms with Gasteiger partial charge in [-0.1, -0.05) is 0 Å². The Kier molecular flexibility index (Phi) is 3.81. The van der Waals surface area contributed by atoms with Crippen molar-refractivity contribution in [3.8, 4) is 0 Å². The maximum atomic E-state index is 10.7. The first-order valence-electron chi connectivity index (χ1n) is 4.96. The fraction of sp³-hybridized carbons (Fsp3) is 0.0833. The topological polar surface area (TPSA) is 49.3 Å². The lowest BCUT2D eigenvalue weighted by Gasteiger charge is -2.05. The summed E-state index contributed by atoms with van der Waals surface area (Å²) in [4.78, 5) is 11.9. The summed E-state index contributed by atoms with van der Waals surface area (Å²) in [5.41, 5.74) is 1.21. The molecule has 0 aliphatic heterocycles. The van der Waals surface area contributed by atoms with Crippen molar-refractivity contribution in [3.63, 3.8) is 0 Å². The van der Waals surface area contributed by atoms with Gasteiger partial charge in [0.15, 0.2) is 0 Å². The molecule has 0 radical (unpaired) electrons. The third-order valence-electron chi connectivity index (χ3n) is 2.28. The SMILES string of the molecule is O=C(O)c1ccc(NCc2sccc2Br)cc1. The largest absolute Gasteiger partial charge is 0.478 e. The lowest BCUT2D eigenvalue weighted by molar-refractivity contribution is 0.0697. The van der Waals surface area contributed by atoms with Crippen LogP contribution in [0.2, 0.25) is 0 Å². The Morgan fingerprint density at radius 1 is 1.29 bits per heavy atom. The van der Waals surface area contributed by atoms with E-state index in [0.717, 1.165) is 16.7 Å². The van der Waals surface area contributed by atoms with Crippen LogP contribution in [-0.2, 0) is 6.54 Å². The van der Waals surface area contributed by atoms with Crippen molar-refractivity contribution < 1.29 is 9.90 Å². The third kappa shape index (κ3) is 3.08. The van der Waals surface area contributed by atoms with E-state index >= 15 is 0 Å². The van der Waals surface area contributed by atoms with Crippen LogP contribution in [0.3, 0.4) is 0 Å². The number of carbonyl (C=O) groups is 1. The number of anilines is 1. The quantitative estimate of drug-likeness (QED) is 0.902. The van der Waals surface area contributed by atoms with Gasteiger partial charge in [0.1, 0.15) is 0 Å². The second kappa shape index (κ2) is 5.33.